The second kappa shape index (κ2) is 9.49. The molecule has 34 heavy (non-hydrogen) atoms. The van der Waals surface area contributed by atoms with Crippen molar-refractivity contribution < 1.29 is 26.7 Å². The van der Waals surface area contributed by atoms with E-state index in [1.54, 1.807) is 25.1 Å². The van der Waals surface area contributed by atoms with Gasteiger partial charge >= 0.3 is 6.18 Å². The molecule has 178 valence electrons. The highest BCUT2D eigenvalue weighted by Gasteiger charge is 2.35. The predicted molar refractivity (Wildman–Crippen MR) is 124 cm³/mol. The van der Waals surface area contributed by atoms with Crippen LogP contribution in [0.25, 0.3) is 11.1 Å². The molecule has 3 aromatic carbocycles. The van der Waals surface area contributed by atoms with E-state index >= 15 is 0 Å². The minimum absolute atomic E-state index is 0.162. The predicted octanol–water partition coefficient (Wildman–Crippen LogP) is 7.74. The monoisotopic (exact) mass is 537 g/mol. The summed E-state index contributed by atoms with van der Waals surface area (Å²) in [6.07, 6.45) is -2.93. The first-order valence-corrected chi connectivity index (χ1v) is 11.8. The number of benzene rings is 3. The fourth-order valence-electron chi connectivity index (χ4n) is 4.05. The molecule has 0 heterocycles. The van der Waals surface area contributed by atoms with E-state index < -0.39 is 23.5 Å². The van der Waals surface area contributed by atoms with E-state index in [2.05, 4.69) is 21.2 Å². The highest BCUT2D eigenvalue weighted by Crippen LogP contribution is 2.42. The van der Waals surface area contributed by atoms with Crippen LogP contribution in [0.2, 0.25) is 0 Å². The van der Waals surface area contributed by atoms with Gasteiger partial charge in [-0.1, -0.05) is 40.2 Å². The normalized spacial score (nSPS) is 14.7. The summed E-state index contributed by atoms with van der Waals surface area (Å²) in [5.41, 5.74) is 0.882. The molecule has 1 saturated carbocycles. The molecule has 0 saturated heterocycles. The SMILES string of the molecule is Cc1cc([C@@H](NC(=O)c2cc(CBr)cc(-c3ccc(F)cc3C(F)(F)F)c2)C2CC2)ccc1F. The van der Waals surface area contributed by atoms with Gasteiger partial charge in [-0.05, 0) is 83.8 Å². The first-order valence-electron chi connectivity index (χ1n) is 10.7. The molecule has 2 nitrogen and oxygen atoms in total. The molecule has 0 radical (unpaired) electrons. The van der Waals surface area contributed by atoms with Crippen LogP contribution in [0.1, 0.15) is 51.5 Å². The lowest BCUT2D eigenvalue weighted by atomic mass is 9.95. The molecule has 3 aromatic rings. The van der Waals surface area contributed by atoms with Gasteiger partial charge in [0, 0.05) is 10.9 Å². The van der Waals surface area contributed by atoms with Crippen molar-refractivity contribution in [2.45, 2.75) is 37.3 Å². The molecule has 1 amide bonds. The smallest absolute Gasteiger partial charge is 0.345 e. The number of carbonyl (C=O) groups excluding carboxylic acids is 1. The second-order valence-electron chi connectivity index (χ2n) is 8.54. The van der Waals surface area contributed by atoms with Crippen molar-refractivity contribution in [1.82, 2.24) is 5.32 Å². The summed E-state index contributed by atoms with van der Waals surface area (Å²) in [7, 11) is 0. The molecular formula is C26H21BrF5NO. The zero-order valence-electron chi connectivity index (χ0n) is 18.1. The Morgan fingerprint density at radius 2 is 1.79 bits per heavy atom. The Balaban J connectivity index is 1.71. The Kier molecular flexibility index (Phi) is 6.80. The van der Waals surface area contributed by atoms with Crippen LogP contribution in [0.5, 0.6) is 0 Å². The van der Waals surface area contributed by atoms with E-state index in [1.165, 1.54) is 18.2 Å². The minimum Gasteiger partial charge on any atom is -0.345 e. The van der Waals surface area contributed by atoms with Gasteiger partial charge < -0.3 is 5.32 Å². The van der Waals surface area contributed by atoms with Crippen LogP contribution >= 0.6 is 15.9 Å². The van der Waals surface area contributed by atoms with Crippen LogP contribution < -0.4 is 5.32 Å². The van der Waals surface area contributed by atoms with Crippen molar-refractivity contribution in [2.24, 2.45) is 5.92 Å². The molecular weight excluding hydrogens is 517 g/mol. The third kappa shape index (κ3) is 5.32. The summed E-state index contributed by atoms with van der Waals surface area (Å²) in [6.45, 7) is 1.65. The van der Waals surface area contributed by atoms with E-state index in [1.807, 2.05) is 0 Å². The first-order chi connectivity index (χ1) is 16.1. The Morgan fingerprint density at radius 3 is 2.41 bits per heavy atom. The number of hydrogen-bond donors (Lipinski definition) is 1. The summed E-state index contributed by atoms with van der Waals surface area (Å²) in [5, 5.41) is 3.30. The lowest BCUT2D eigenvalue weighted by Gasteiger charge is -2.20. The number of aryl methyl sites for hydroxylation is 1. The third-order valence-electron chi connectivity index (χ3n) is 5.93. The Bertz CT molecular complexity index is 1240. The standard InChI is InChI=1S/C26H21BrF5NO/c1-14-8-17(4-7-23(14)29)24(16-2-3-16)33-25(34)19-10-15(13-27)9-18(11-19)21-6-5-20(28)12-22(21)26(30,31)32/h4-12,16,24H,2-3,13H2,1H3,(H,33,34)/t24-/m0/s1. The van der Waals surface area contributed by atoms with E-state index in [9.17, 15) is 26.7 Å². The molecule has 0 aromatic heterocycles. The largest absolute Gasteiger partial charge is 0.417 e. The van der Waals surface area contributed by atoms with E-state index in [0.29, 0.717) is 22.5 Å². The van der Waals surface area contributed by atoms with Gasteiger partial charge in [0.1, 0.15) is 11.6 Å². The fraction of sp³-hybridized carbons (Fsp3) is 0.269. The number of rotatable bonds is 6. The van der Waals surface area contributed by atoms with Crippen molar-refractivity contribution in [3.63, 3.8) is 0 Å². The number of nitrogens with one attached hydrogen (secondary N) is 1. The zero-order valence-corrected chi connectivity index (χ0v) is 19.7. The maximum atomic E-state index is 13.7. The molecule has 0 bridgehead atoms. The summed E-state index contributed by atoms with van der Waals surface area (Å²) >= 11 is 3.30. The van der Waals surface area contributed by atoms with Gasteiger partial charge in [-0.2, -0.15) is 13.2 Å². The minimum atomic E-state index is -4.76. The fourth-order valence-corrected chi connectivity index (χ4v) is 4.37. The summed E-state index contributed by atoms with van der Waals surface area (Å²) in [6, 6.07) is 11.4. The van der Waals surface area contributed by atoms with E-state index in [0.717, 1.165) is 30.5 Å². The van der Waals surface area contributed by atoms with Crippen molar-refractivity contribution in [3.8, 4) is 11.1 Å². The number of amides is 1. The van der Waals surface area contributed by atoms with E-state index in [-0.39, 0.29) is 34.5 Å². The Hall–Kier alpha value is -2.74. The molecule has 1 fully saturated rings. The van der Waals surface area contributed by atoms with Crippen LogP contribution in [-0.2, 0) is 11.5 Å². The molecule has 8 heteroatoms. The highest BCUT2D eigenvalue weighted by molar-refractivity contribution is 9.08. The lowest BCUT2D eigenvalue weighted by molar-refractivity contribution is -0.137. The topological polar surface area (TPSA) is 29.1 Å². The van der Waals surface area contributed by atoms with Gasteiger partial charge in [0.2, 0.25) is 0 Å². The summed E-state index contributed by atoms with van der Waals surface area (Å²) < 4.78 is 68.1. The van der Waals surface area contributed by atoms with Gasteiger partial charge in [-0.15, -0.1) is 0 Å². The van der Waals surface area contributed by atoms with Crippen LogP contribution in [0.15, 0.2) is 54.6 Å². The van der Waals surface area contributed by atoms with Crippen molar-refractivity contribution >= 4 is 21.8 Å². The number of hydrogen-bond acceptors (Lipinski definition) is 1. The molecule has 1 atom stereocenters. The van der Waals surface area contributed by atoms with Gasteiger partial charge in [0.15, 0.2) is 0 Å². The number of halogens is 6. The van der Waals surface area contributed by atoms with Gasteiger partial charge in [0.05, 0.1) is 11.6 Å². The second-order valence-corrected chi connectivity index (χ2v) is 9.10. The maximum Gasteiger partial charge on any atom is 0.417 e. The average Bonchev–Trinajstić information content (AvgIpc) is 3.63. The molecule has 0 spiro atoms. The number of carbonyl (C=O) groups is 1. The van der Waals surface area contributed by atoms with Crippen molar-refractivity contribution in [3.05, 3.63) is 94.0 Å². The molecule has 1 aliphatic rings. The van der Waals surface area contributed by atoms with E-state index in [4.69, 9.17) is 0 Å². The summed E-state index contributed by atoms with van der Waals surface area (Å²) in [5.74, 6) is -1.56. The quantitative estimate of drug-likeness (QED) is 0.253. The van der Waals surface area contributed by atoms with Gasteiger partial charge in [-0.3, -0.25) is 4.79 Å². The third-order valence-corrected chi connectivity index (χ3v) is 6.58. The molecule has 4 rings (SSSR count). The zero-order chi connectivity index (χ0) is 24.6. The highest BCUT2D eigenvalue weighted by atomic mass is 79.9. The molecule has 1 N–H and O–H groups in total. The van der Waals surface area contributed by atoms with Crippen LogP contribution in [0.3, 0.4) is 0 Å². The van der Waals surface area contributed by atoms with Crippen molar-refractivity contribution in [2.75, 3.05) is 0 Å². The lowest BCUT2D eigenvalue weighted by Crippen LogP contribution is -2.30. The van der Waals surface area contributed by atoms with Gasteiger partial charge in [-0.25, -0.2) is 8.78 Å². The summed E-state index contributed by atoms with van der Waals surface area (Å²) in [4.78, 5) is 13.2. The molecule has 0 unspecified atom stereocenters. The molecule has 0 aliphatic heterocycles. The first kappa shape index (κ1) is 24.4. The maximum absolute atomic E-state index is 13.7. The number of alkyl halides is 4. The van der Waals surface area contributed by atoms with Gasteiger partial charge in [0.25, 0.3) is 5.91 Å². The van der Waals surface area contributed by atoms with Crippen LogP contribution in [0, 0.1) is 24.5 Å². The Morgan fingerprint density at radius 1 is 1.06 bits per heavy atom. The van der Waals surface area contributed by atoms with Crippen molar-refractivity contribution in [1.29, 1.82) is 0 Å². The van der Waals surface area contributed by atoms with Crippen LogP contribution in [0.4, 0.5) is 22.0 Å². The Labute approximate surface area is 202 Å². The van der Waals surface area contributed by atoms with Crippen LogP contribution in [-0.4, -0.2) is 5.91 Å². The molecule has 1 aliphatic carbocycles. The average molecular weight is 538 g/mol.